The van der Waals surface area contributed by atoms with Crippen LogP contribution in [0.5, 0.6) is 0 Å². The van der Waals surface area contributed by atoms with Gasteiger partial charge in [0, 0.05) is 19.3 Å². The second-order valence-corrected chi connectivity index (χ2v) is 8.41. The van der Waals surface area contributed by atoms with Gasteiger partial charge >= 0.3 is 0 Å². The van der Waals surface area contributed by atoms with Gasteiger partial charge in [0.1, 0.15) is 5.69 Å². The summed E-state index contributed by atoms with van der Waals surface area (Å²) in [4.78, 5) is 16.0. The van der Waals surface area contributed by atoms with Crippen LogP contribution in [0.4, 0.5) is 0 Å². The highest BCUT2D eigenvalue weighted by atomic mass is 32.2. The van der Waals surface area contributed by atoms with E-state index in [0.29, 0.717) is 5.69 Å². The molecule has 0 radical (unpaired) electrons. The maximum atomic E-state index is 12.3. The van der Waals surface area contributed by atoms with Crippen LogP contribution in [0.25, 0.3) is 0 Å². The van der Waals surface area contributed by atoms with Crippen molar-refractivity contribution in [2.45, 2.75) is 31.1 Å². The lowest BCUT2D eigenvalue weighted by molar-refractivity contribution is 0.0949. The number of nitrogens with one attached hydrogen (secondary N) is 2. The molecule has 134 valence electrons. The van der Waals surface area contributed by atoms with Gasteiger partial charge in [0.05, 0.1) is 4.90 Å². The normalized spacial score (nSPS) is 12.0. The Bertz CT molecular complexity index is 811. The van der Waals surface area contributed by atoms with Crippen molar-refractivity contribution in [2.24, 2.45) is 0 Å². The van der Waals surface area contributed by atoms with E-state index in [9.17, 15) is 13.2 Å². The zero-order valence-electron chi connectivity index (χ0n) is 14.6. The van der Waals surface area contributed by atoms with Gasteiger partial charge in [-0.25, -0.2) is 13.1 Å². The van der Waals surface area contributed by atoms with E-state index in [4.69, 9.17) is 0 Å². The number of rotatable bonds is 6. The van der Waals surface area contributed by atoms with E-state index < -0.39 is 10.0 Å². The molecule has 7 heteroatoms. The number of hydrogen-bond acceptors (Lipinski definition) is 4. The topological polar surface area (TPSA) is 88.2 Å². The summed E-state index contributed by atoms with van der Waals surface area (Å²) in [6.45, 7) is 6.48. The number of carbonyl (C=O) groups is 1. The number of nitrogens with zero attached hydrogens (tertiary/aromatic N) is 1. The van der Waals surface area contributed by atoms with Crippen molar-refractivity contribution in [3.05, 3.63) is 59.9 Å². The Balaban J connectivity index is 1.88. The van der Waals surface area contributed by atoms with Crippen molar-refractivity contribution in [2.75, 3.05) is 13.1 Å². The Labute approximate surface area is 148 Å². The first-order valence-electron chi connectivity index (χ1n) is 7.99. The molecule has 0 atom stereocenters. The van der Waals surface area contributed by atoms with Gasteiger partial charge in [0.25, 0.3) is 5.91 Å². The first-order chi connectivity index (χ1) is 11.7. The van der Waals surface area contributed by atoms with Gasteiger partial charge in [0.15, 0.2) is 0 Å². The van der Waals surface area contributed by atoms with Gasteiger partial charge in [0.2, 0.25) is 10.0 Å². The Morgan fingerprint density at radius 1 is 1.04 bits per heavy atom. The van der Waals surface area contributed by atoms with Crippen molar-refractivity contribution >= 4 is 15.9 Å². The minimum atomic E-state index is -3.60. The molecule has 1 aromatic heterocycles. The summed E-state index contributed by atoms with van der Waals surface area (Å²) in [6.07, 6.45) is 1.53. The van der Waals surface area contributed by atoms with E-state index in [0.717, 1.165) is 5.56 Å². The van der Waals surface area contributed by atoms with Crippen LogP contribution in [-0.2, 0) is 15.4 Å². The lowest BCUT2D eigenvalue weighted by Crippen LogP contribution is -2.35. The highest BCUT2D eigenvalue weighted by Gasteiger charge is 2.17. The lowest BCUT2D eigenvalue weighted by atomic mass is 9.87. The van der Waals surface area contributed by atoms with Gasteiger partial charge in [-0.3, -0.25) is 9.78 Å². The minimum Gasteiger partial charge on any atom is -0.349 e. The molecule has 0 spiro atoms. The van der Waals surface area contributed by atoms with E-state index in [1.165, 1.54) is 6.20 Å². The molecule has 0 aliphatic heterocycles. The molecule has 0 saturated carbocycles. The summed E-state index contributed by atoms with van der Waals surface area (Å²) >= 11 is 0. The maximum absolute atomic E-state index is 12.3. The number of sulfonamides is 1. The first kappa shape index (κ1) is 19.1. The Hall–Kier alpha value is -2.25. The van der Waals surface area contributed by atoms with E-state index in [-0.39, 0.29) is 29.3 Å². The third kappa shape index (κ3) is 5.37. The third-order valence-corrected chi connectivity index (χ3v) is 5.11. The van der Waals surface area contributed by atoms with Crippen LogP contribution in [0.3, 0.4) is 0 Å². The second kappa shape index (κ2) is 7.76. The van der Waals surface area contributed by atoms with Crippen LogP contribution >= 0.6 is 0 Å². The molecule has 1 amide bonds. The summed E-state index contributed by atoms with van der Waals surface area (Å²) in [7, 11) is -3.60. The third-order valence-electron chi connectivity index (χ3n) is 3.63. The van der Waals surface area contributed by atoms with E-state index in [1.54, 1.807) is 30.3 Å². The summed E-state index contributed by atoms with van der Waals surface area (Å²) in [5.41, 5.74) is 1.32. The largest absolute Gasteiger partial charge is 0.349 e. The molecule has 0 aliphatic rings. The lowest BCUT2D eigenvalue weighted by Gasteiger charge is -2.19. The fourth-order valence-electron chi connectivity index (χ4n) is 2.17. The molecular formula is C18H23N3O3S. The monoisotopic (exact) mass is 361 g/mol. The number of aromatic nitrogens is 1. The molecule has 0 fully saturated rings. The van der Waals surface area contributed by atoms with Crippen LogP contribution < -0.4 is 10.0 Å². The van der Waals surface area contributed by atoms with Gasteiger partial charge in [-0.1, -0.05) is 39.0 Å². The van der Waals surface area contributed by atoms with E-state index in [1.807, 2.05) is 12.1 Å². The van der Waals surface area contributed by atoms with Crippen molar-refractivity contribution in [3.63, 3.8) is 0 Å². The average Bonchev–Trinajstić information content (AvgIpc) is 2.58. The van der Waals surface area contributed by atoms with Gasteiger partial charge in [-0.2, -0.15) is 0 Å². The molecule has 0 saturated heterocycles. The van der Waals surface area contributed by atoms with Crippen LogP contribution in [0.15, 0.2) is 53.6 Å². The molecule has 2 aromatic rings. The molecule has 2 rings (SSSR count). The summed E-state index contributed by atoms with van der Waals surface area (Å²) in [5.74, 6) is -0.339. The van der Waals surface area contributed by atoms with Crippen molar-refractivity contribution in [1.29, 1.82) is 0 Å². The first-order valence-corrected chi connectivity index (χ1v) is 9.48. The number of carbonyl (C=O) groups excluding carboxylic acids is 1. The summed E-state index contributed by atoms with van der Waals surface area (Å²) in [6, 6.07) is 11.8. The van der Waals surface area contributed by atoms with Gasteiger partial charge < -0.3 is 5.32 Å². The number of benzene rings is 1. The number of pyridine rings is 1. The Kier molecular flexibility index (Phi) is 5.92. The minimum absolute atomic E-state index is 0.0362. The molecule has 6 nitrogen and oxygen atoms in total. The SMILES string of the molecule is CC(C)(C)c1ccc(S(=O)(=O)NCCNC(=O)c2ccccn2)cc1. The predicted octanol–water partition coefficient (Wildman–Crippen LogP) is 2.09. The van der Waals surface area contributed by atoms with Gasteiger partial charge in [-0.05, 0) is 35.2 Å². The number of hydrogen-bond donors (Lipinski definition) is 2. The molecular weight excluding hydrogens is 338 g/mol. The van der Waals surface area contributed by atoms with E-state index in [2.05, 4.69) is 35.8 Å². The summed E-state index contributed by atoms with van der Waals surface area (Å²) < 4.78 is 27.0. The predicted molar refractivity (Wildman–Crippen MR) is 96.9 cm³/mol. The molecule has 0 aliphatic carbocycles. The van der Waals surface area contributed by atoms with Gasteiger partial charge in [-0.15, -0.1) is 0 Å². The van der Waals surface area contributed by atoms with Crippen LogP contribution in [-0.4, -0.2) is 32.4 Å². The second-order valence-electron chi connectivity index (χ2n) is 6.64. The summed E-state index contributed by atoms with van der Waals surface area (Å²) in [5, 5.41) is 2.62. The Morgan fingerprint density at radius 3 is 2.28 bits per heavy atom. The average molecular weight is 361 g/mol. The zero-order chi connectivity index (χ0) is 18.5. The smallest absolute Gasteiger partial charge is 0.269 e. The fraction of sp³-hybridized carbons (Fsp3) is 0.333. The molecule has 2 N–H and O–H groups in total. The fourth-order valence-corrected chi connectivity index (χ4v) is 3.20. The molecule has 1 heterocycles. The number of amides is 1. The van der Waals surface area contributed by atoms with Crippen LogP contribution in [0.1, 0.15) is 36.8 Å². The van der Waals surface area contributed by atoms with Crippen LogP contribution in [0, 0.1) is 0 Å². The maximum Gasteiger partial charge on any atom is 0.269 e. The molecule has 0 unspecified atom stereocenters. The molecule has 1 aromatic carbocycles. The quantitative estimate of drug-likeness (QED) is 0.771. The van der Waals surface area contributed by atoms with E-state index >= 15 is 0 Å². The standard InChI is InChI=1S/C18H23N3O3S/c1-18(2,3)14-7-9-15(10-8-14)25(23,24)21-13-12-20-17(22)16-6-4-5-11-19-16/h4-11,21H,12-13H2,1-3H3,(H,20,22). The van der Waals surface area contributed by atoms with Crippen molar-refractivity contribution < 1.29 is 13.2 Å². The highest BCUT2D eigenvalue weighted by Crippen LogP contribution is 2.23. The Morgan fingerprint density at radius 2 is 1.72 bits per heavy atom. The van der Waals surface area contributed by atoms with Crippen molar-refractivity contribution in [3.8, 4) is 0 Å². The van der Waals surface area contributed by atoms with Crippen molar-refractivity contribution in [1.82, 2.24) is 15.0 Å². The zero-order valence-corrected chi connectivity index (χ0v) is 15.4. The molecule has 25 heavy (non-hydrogen) atoms. The van der Waals surface area contributed by atoms with Crippen LogP contribution in [0.2, 0.25) is 0 Å². The highest BCUT2D eigenvalue weighted by molar-refractivity contribution is 7.89. The molecule has 0 bridgehead atoms.